The van der Waals surface area contributed by atoms with Crippen molar-refractivity contribution in [3.8, 4) is 0 Å². The molecule has 0 aliphatic heterocycles. The summed E-state index contributed by atoms with van der Waals surface area (Å²) in [5.74, 6) is -1.55. The van der Waals surface area contributed by atoms with Crippen molar-refractivity contribution in [3.05, 3.63) is 122 Å². The molecule has 0 amide bonds. The molecule has 3 atom stereocenters. The first-order valence-electron chi connectivity index (χ1n) is 28.4. The first-order valence-corrected chi connectivity index (χ1v) is 29.9. The number of hydrogen-bond donors (Lipinski definition) is 2. The molecule has 0 bridgehead atoms. The summed E-state index contributed by atoms with van der Waals surface area (Å²) >= 11 is 0. The number of aliphatic hydroxyl groups is 1. The van der Waals surface area contributed by atoms with E-state index in [1.165, 1.54) is 0 Å². The third kappa shape index (κ3) is 52.7. The van der Waals surface area contributed by atoms with E-state index in [1.54, 1.807) is 0 Å². The van der Waals surface area contributed by atoms with Gasteiger partial charge in [0.15, 0.2) is 6.10 Å². The first-order chi connectivity index (χ1) is 36.2. The van der Waals surface area contributed by atoms with Crippen molar-refractivity contribution in [2.75, 3.05) is 26.4 Å². The molecule has 0 fully saturated rings. The number of phosphoric acid groups is 1. The number of rotatable bonds is 51. The van der Waals surface area contributed by atoms with Crippen LogP contribution >= 0.6 is 7.82 Å². The highest BCUT2D eigenvalue weighted by molar-refractivity contribution is 7.47. The molecule has 3 unspecified atom stereocenters. The third-order valence-corrected chi connectivity index (χ3v) is 12.3. The predicted octanol–water partition coefficient (Wildman–Crippen LogP) is 16.8. The van der Waals surface area contributed by atoms with E-state index < -0.39 is 57.8 Å². The van der Waals surface area contributed by atoms with Crippen molar-refractivity contribution in [2.45, 2.75) is 226 Å². The van der Waals surface area contributed by atoms with Gasteiger partial charge < -0.3 is 24.2 Å². The molecule has 11 nitrogen and oxygen atoms in total. The lowest BCUT2D eigenvalue weighted by atomic mass is 10.1. The van der Waals surface area contributed by atoms with Gasteiger partial charge in [0.2, 0.25) is 0 Å². The fourth-order valence-corrected chi connectivity index (χ4v) is 7.86. The molecule has 0 aliphatic rings. The second-order valence-electron chi connectivity index (χ2n) is 18.3. The van der Waals surface area contributed by atoms with Crippen LogP contribution in [0.2, 0.25) is 0 Å². The minimum atomic E-state index is -4.77. The van der Waals surface area contributed by atoms with Crippen LogP contribution in [0.1, 0.15) is 213 Å². The van der Waals surface area contributed by atoms with Crippen LogP contribution in [-0.4, -0.2) is 66.5 Å². The van der Waals surface area contributed by atoms with Gasteiger partial charge in [-0.1, -0.05) is 194 Å². The number of ether oxygens (including phenoxy) is 3. The molecule has 2 N–H and O–H groups in total. The van der Waals surface area contributed by atoms with Gasteiger partial charge in [-0.25, -0.2) is 4.57 Å². The average molecular weight is 1050 g/mol. The number of unbranched alkanes of at least 4 members (excludes halogenated alkanes) is 14. The van der Waals surface area contributed by atoms with E-state index in [-0.39, 0.29) is 25.9 Å². The Bertz CT molecular complexity index is 1700. The molecule has 74 heavy (non-hydrogen) atoms. The zero-order valence-corrected chi connectivity index (χ0v) is 47.2. The molecule has 0 saturated carbocycles. The second-order valence-corrected chi connectivity index (χ2v) is 19.8. The molecule has 420 valence electrons. The average Bonchev–Trinajstić information content (AvgIpc) is 3.39. The highest BCUT2D eigenvalue weighted by atomic mass is 31.2. The van der Waals surface area contributed by atoms with Gasteiger partial charge in [0, 0.05) is 19.3 Å². The van der Waals surface area contributed by atoms with Crippen molar-refractivity contribution < 1.29 is 52.2 Å². The number of aliphatic hydroxyl groups excluding tert-OH is 1. The van der Waals surface area contributed by atoms with Crippen LogP contribution in [0.5, 0.6) is 0 Å². The smallest absolute Gasteiger partial charge is 0.462 e. The zero-order valence-electron chi connectivity index (χ0n) is 46.3. The minimum absolute atomic E-state index is 0.126. The SMILES string of the molecule is CC/C=C\C/C=C\C/C=C\C/C=C\CCCCCCC(=O)OCC(COP(=O)(O)OCC(CO)OC(=O)CCCCCCC/C=C\C/C=C\CCC)OC(=O)CCCCCC/C=C\C/C=C\C/C=C\C/C=C\CC. The highest BCUT2D eigenvalue weighted by Crippen LogP contribution is 2.43. The topological polar surface area (TPSA) is 155 Å². The maximum absolute atomic E-state index is 12.9. The normalized spacial score (nSPS) is 14.3. The standard InChI is InChI=1S/C62H101O11P/c1-4-7-10-13-16-19-22-25-27-29-31-34-36-39-42-45-48-51-60(64)69-55-59(73-62(66)53-50-47-44-41-38-35-32-30-28-26-23-20-17-14-11-8-5-2)57-71-74(67,68)70-56-58(54-63)72-61(65)52-49-46-43-40-37-33-24-21-18-15-12-9-6-3/h7-8,10-12,15-17,19-21,24-28,31-32,34-35,58-59,63H,4-6,9,13-14,18,22-23,29-30,33,36-57H2,1-3H3,(H,67,68)/b10-7-,11-8-,15-12-,19-16-,20-17-,24-21-,27-25-,28-26-,34-31-,35-32-. The summed E-state index contributed by atoms with van der Waals surface area (Å²) in [5, 5.41) is 9.80. The Balaban J connectivity index is 4.85. The predicted molar refractivity (Wildman–Crippen MR) is 306 cm³/mol. The van der Waals surface area contributed by atoms with Gasteiger partial charge >= 0.3 is 25.7 Å². The lowest BCUT2D eigenvalue weighted by Gasteiger charge is -2.21. The first kappa shape index (κ1) is 69.9. The fraction of sp³-hybridized carbons (Fsp3) is 0.629. The minimum Gasteiger partial charge on any atom is -0.462 e. The number of carbonyl (C=O) groups excluding carboxylic acids is 3. The van der Waals surface area contributed by atoms with Gasteiger partial charge in [-0.05, 0) is 122 Å². The van der Waals surface area contributed by atoms with E-state index in [2.05, 4.69) is 142 Å². The summed E-state index contributed by atoms with van der Waals surface area (Å²) in [5.41, 5.74) is 0. The van der Waals surface area contributed by atoms with Crippen LogP contribution in [0.3, 0.4) is 0 Å². The quantitative estimate of drug-likeness (QED) is 0.0197. The van der Waals surface area contributed by atoms with Crippen molar-refractivity contribution in [1.29, 1.82) is 0 Å². The van der Waals surface area contributed by atoms with Gasteiger partial charge in [-0.2, -0.15) is 0 Å². The van der Waals surface area contributed by atoms with Crippen LogP contribution < -0.4 is 0 Å². The summed E-state index contributed by atoms with van der Waals surface area (Å²) in [7, 11) is -4.77. The van der Waals surface area contributed by atoms with Gasteiger partial charge in [-0.15, -0.1) is 0 Å². The second kappa shape index (κ2) is 55.1. The molecule has 0 rings (SSSR count). The molecular weight excluding hydrogens is 952 g/mol. The Morgan fingerprint density at radius 3 is 1.08 bits per heavy atom. The summed E-state index contributed by atoms with van der Waals surface area (Å²) in [6.07, 6.45) is 67.3. The Hall–Kier alpha value is -4.12. The summed E-state index contributed by atoms with van der Waals surface area (Å²) < 4.78 is 39.5. The molecule has 0 aromatic carbocycles. The van der Waals surface area contributed by atoms with E-state index >= 15 is 0 Å². The van der Waals surface area contributed by atoms with Gasteiger partial charge in [-0.3, -0.25) is 23.4 Å². The molecule has 0 radical (unpaired) electrons. The molecule has 0 aromatic rings. The Morgan fingerprint density at radius 2 is 0.703 bits per heavy atom. The van der Waals surface area contributed by atoms with E-state index in [0.717, 1.165) is 154 Å². The monoisotopic (exact) mass is 1050 g/mol. The molecule has 0 spiro atoms. The summed E-state index contributed by atoms with van der Waals surface area (Å²) in [4.78, 5) is 48.5. The molecule has 0 saturated heterocycles. The maximum Gasteiger partial charge on any atom is 0.472 e. The van der Waals surface area contributed by atoms with Crippen LogP contribution in [0.25, 0.3) is 0 Å². The number of hydrogen-bond acceptors (Lipinski definition) is 10. The largest absolute Gasteiger partial charge is 0.472 e. The Labute approximate surface area is 449 Å². The van der Waals surface area contributed by atoms with Crippen molar-refractivity contribution in [2.24, 2.45) is 0 Å². The van der Waals surface area contributed by atoms with E-state index in [9.17, 15) is 28.9 Å². The van der Waals surface area contributed by atoms with Gasteiger partial charge in [0.25, 0.3) is 0 Å². The maximum atomic E-state index is 12.9. The van der Waals surface area contributed by atoms with Crippen LogP contribution in [-0.2, 0) is 42.2 Å². The van der Waals surface area contributed by atoms with E-state index in [0.29, 0.717) is 19.3 Å². The highest BCUT2D eigenvalue weighted by Gasteiger charge is 2.28. The number of carbonyl (C=O) groups is 3. The molecule has 0 aliphatic carbocycles. The van der Waals surface area contributed by atoms with Crippen LogP contribution in [0.4, 0.5) is 0 Å². The van der Waals surface area contributed by atoms with Crippen molar-refractivity contribution in [3.63, 3.8) is 0 Å². The third-order valence-electron chi connectivity index (χ3n) is 11.3. The molecule has 0 heterocycles. The van der Waals surface area contributed by atoms with Crippen molar-refractivity contribution >= 4 is 25.7 Å². The summed E-state index contributed by atoms with van der Waals surface area (Å²) in [6, 6.07) is 0. The number of esters is 3. The zero-order chi connectivity index (χ0) is 54.1. The van der Waals surface area contributed by atoms with Gasteiger partial charge in [0.1, 0.15) is 12.7 Å². The summed E-state index contributed by atoms with van der Waals surface area (Å²) in [6.45, 7) is 4.26. The lowest BCUT2D eigenvalue weighted by molar-refractivity contribution is -0.161. The molecule has 12 heteroatoms. The van der Waals surface area contributed by atoms with E-state index in [4.69, 9.17) is 23.3 Å². The Morgan fingerprint density at radius 1 is 0.392 bits per heavy atom. The lowest BCUT2D eigenvalue weighted by Crippen LogP contribution is -2.30. The van der Waals surface area contributed by atoms with Crippen LogP contribution in [0.15, 0.2) is 122 Å². The van der Waals surface area contributed by atoms with Gasteiger partial charge in [0.05, 0.1) is 19.8 Å². The molecular formula is C62H101O11P. The molecule has 0 aromatic heterocycles. The van der Waals surface area contributed by atoms with E-state index in [1.807, 2.05) is 0 Å². The Kier molecular flexibility index (Phi) is 52.1. The fourth-order valence-electron chi connectivity index (χ4n) is 7.08. The number of allylic oxidation sites excluding steroid dienone is 20. The van der Waals surface area contributed by atoms with Crippen LogP contribution in [0, 0.1) is 0 Å². The number of phosphoric ester groups is 1. The van der Waals surface area contributed by atoms with Crippen molar-refractivity contribution in [1.82, 2.24) is 0 Å².